The highest BCUT2D eigenvalue weighted by molar-refractivity contribution is 6.12. The maximum absolute atomic E-state index is 13.9. The van der Waals surface area contributed by atoms with E-state index in [0.717, 1.165) is 36.5 Å². The molecule has 44 heavy (non-hydrogen) atoms. The van der Waals surface area contributed by atoms with Crippen LogP contribution in [0, 0.1) is 11.7 Å². The number of halogens is 1. The summed E-state index contributed by atoms with van der Waals surface area (Å²) in [6.07, 6.45) is 4.92. The Morgan fingerprint density at radius 2 is 1.68 bits per heavy atom. The standard InChI is InChI=1S/C37H39FN2O4/c1-43-37(42)35(39-34-17-6-5-16-33(34)36(41)29-12-3-2-4-13-29)24-27-18-20-32(21-19-27)44-23-9-22-40(26-28-10-7-11-28)31-15-8-14-30(38)25-31/h2-6,8,12-21,25,28,35,39H,7,9-11,22-24,26H2,1H3/t35-/m0/s1. The fraction of sp³-hybridized carbons (Fsp3) is 0.297. The van der Waals surface area contributed by atoms with Crippen molar-refractivity contribution in [3.8, 4) is 5.75 Å². The number of rotatable bonds is 15. The van der Waals surface area contributed by atoms with Gasteiger partial charge in [0.05, 0.1) is 13.7 Å². The smallest absolute Gasteiger partial charge is 0.328 e. The number of nitrogens with one attached hydrogen (secondary N) is 1. The molecule has 0 amide bonds. The van der Waals surface area contributed by atoms with Crippen LogP contribution in [0.5, 0.6) is 5.75 Å². The molecule has 0 bridgehead atoms. The van der Waals surface area contributed by atoms with Crippen LogP contribution in [-0.2, 0) is 16.0 Å². The summed E-state index contributed by atoms with van der Waals surface area (Å²) in [6, 6.07) is 30.0. The van der Waals surface area contributed by atoms with Crippen LogP contribution in [0.3, 0.4) is 0 Å². The first-order chi connectivity index (χ1) is 21.5. The number of carbonyl (C=O) groups is 2. The van der Waals surface area contributed by atoms with Gasteiger partial charge in [-0.05, 0) is 73.2 Å². The monoisotopic (exact) mass is 594 g/mol. The Bertz CT molecular complexity index is 1520. The normalized spacial score (nSPS) is 13.4. The van der Waals surface area contributed by atoms with Gasteiger partial charge in [0.15, 0.2) is 5.78 Å². The summed E-state index contributed by atoms with van der Waals surface area (Å²) >= 11 is 0. The molecule has 1 N–H and O–H groups in total. The van der Waals surface area contributed by atoms with Crippen molar-refractivity contribution in [2.24, 2.45) is 5.92 Å². The lowest BCUT2D eigenvalue weighted by atomic mass is 9.85. The lowest BCUT2D eigenvalue weighted by Crippen LogP contribution is -2.34. The summed E-state index contributed by atoms with van der Waals surface area (Å²) < 4.78 is 25.0. The summed E-state index contributed by atoms with van der Waals surface area (Å²) in [7, 11) is 1.36. The number of para-hydroxylation sites is 1. The summed E-state index contributed by atoms with van der Waals surface area (Å²) in [6.45, 7) is 2.27. The third-order valence-corrected chi connectivity index (χ3v) is 8.10. The highest BCUT2D eigenvalue weighted by Gasteiger charge is 2.23. The molecule has 228 valence electrons. The van der Waals surface area contributed by atoms with Gasteiger partial charge in [-0.1, -0.05) is 67.1 Å². The first-order valence-corrected chi connectivity index (χ1v) is 15.3. The van der Waals surface area contributed by atoms with Crippen molar-refractivity contribution >= 4 is 23.1 Å². The number of methoxy groups -OCH3 is 1. The molecule has 0 aromatic heterocycles. The summed E-state index contributed by atoms with van der Waals surface area (Å²) in [5, 5.41) is 3.25. The first-order valence-electron chi connectivity index (χ1n) is 15.3. The molecule has 1 atom stereocenters. The van der Waals surface area contributed by atoms with Gasteiger partial charge in [-0.25, -0.2) is 9.18 Å². The van der Waals surface area contributed by atoms with Crippen molar-refractivity contribution in [3.05, 3.63) is 126 Å². The van der Waals surface area contributed by atoms with E-state index in [4.69, 9.17) is 9.47 Å². The van der Waals surface area contributed by atoms with Gasteiger partial charge in [0.2, 0.25) is 0 Å². The minimum absolute atomic E-state index is 0.124. The largest absolute Gasteiger partial charge is 0.494 e. The van der Waals surface area contributed by atoms with E-state index >= 15 is 0 Å². The zero-order chi connectivity index (χ0) is 30.7. The van der Waals surface area contributed by atoms with Gasteiger partial charge in [-0.3, -0.25) is 4.79 Å². The van der Waals surface area contributed by atoms with Crippen LogP contribution < -0.4 is 15.0 Å². The Morgan fingerprint density at radius 1 is 0.932 bits per heavy atom. The minimum Gasteiger partial charge on any atom is -0.494 e. The van der Waals surface area contributed by atoms with Crippen LogP contribution in [0.2, 0.25) is 0 Å². The van der Waals surface area contributed by atoms with Crippen LogP contribution in [0.4, 0.5) is 15.8 Å². The Labute approximate surface area is 258 Å². The van der Waals surface area contributed by atoms with E-state index in [-0.39, 0.29) is 11.6 Å². The molecule has 1 fully saturated rings. The quantitative estimate of drug-likeness (QED) is 0.0883. The maximum Gasteiger partial charge on any atom is 0.328 e. The molecule has 0 radical (unpaired) electrons. The number of anilines is 2. The third-order valence-electron chi connectivity index (χ3n) is 8.10. The third kappa shape index (κ3) is 8.25. The SMILES string of the molecule is COC(=O)[C@H](Cc1ccc(OCCCN(CC2CCC2)c2cccc(F)c2)cc1)Nc1ccccc1C(=O)c1ccccc1. The van der Waals surface area contributed by atoms with E-state index < -0.39 is 12.0 Å². The van der Waals surface area contributed by atoms with E-state index in [1.807, 2.05) is 54.6 Å². The fourth-order valence-corrected chi connectivity index (χ4v) is 5.46. The molecule has 6 nitrogen and oxygen atoms in total. The van der Waals surface area contributed by atoms with Gasteiger partial charge < -0.3 is 19.7 Å². The second kappa shape index (κ2) is 15.2. The number of carbonyl (C=O) groups excluding carboxylic acids is 2. The molecule has 1 aliphatic carbocycles. The summed E-state index contributed by atoms with van der Waals surface area (Å²) in [4.78, 5) is 28.2. The second-order valence-corrected chi connectivity index (χ2v) is 11.2. The Kier molecular flexibility index (Phi) is 10.6. The van der Waals surface area contributed by atoms with E-state index in [1.165, 1.54) is 32.4 Å². The zero-order valence-electron chi connectivity index (χ0n) is 25.1. The van der Waals surface area contributed by atoms with Crippen LogP contribution in [0.1, 0.15) is 47.2 Å². The zero-order valence-corrected chi connectivity index (χ0v) is 25.1. The van der Waals surface area contributed by atoms with Crippen molar-refractivity contribution in [3.63, 3.8) is 0 Å². The number of esters is 1. The number of hydrogen-bond acceptors (Lipinski definition) is 6. The highest BCUT2D eigenvalue weighted by Crippen LogP contribution is 2.29. The average Bonchev–Trinajstić information content (AvgIpc) is 3.04. The number of ketones is 1. The second-order valence-electron chi connectivity index (χ2n) is 11.2. The van der Waals surface area contributed by atoms with Gasteiger partial charge in [0.25, 0.3) is 0 Å². The Morgan fingerprint density at radius 3 is 2.39 bits per heavy atom. The molecule has 0 saturated heterocycles. The molecule has 7 heteroatoms. The van der Waals surface area contributed by atoms with Crippen LogP contribution >= 0.6 is 0 Å². The first kappa shape index (κ1) is 30.8. The van der Waals surface area contributed by atoms with Gasteiger partial charge in [-0.2, -0.15) is 0 Å². The van der Waals surface area contributed by atoms with E-state index in [1.54, 1.807) is 42.5 Å². The van der Waals surface area contributed by atoms with Gasteiger partial charge in [-0.15, -0.1) is 0 Å². The molecule has 1 aliphatic rings. The number of nitrogens with zero attached hydrogens (tertiary/aromatic N) is 1. The van der Waals surface area contributed by atoms with Crippen LogP contribution in [0.15, 0.2) is 103 Å². The Balaban J connectivity index is 1.17. The lowest BCUT2D eigenvalue weighted by Gasteiger charge is -2.34. The topological polar surface area (TPSA) is 67.9 Å². The van der Waals surface area contributed by atoms with Crippen molar-refractivity contribution in [2.75, 3.05) is 37.0 Å². The van der Waals surface area contributed by atoms with Crippen LogP contribution in [0.25, 0.3) is 0 Å². The summed E-state index contributed by atoms with van der Waals surface area (Å²) in [5.41, 5.74) is 3.47. The lowest BCUT2D eigenvalue weighted by molar-refractivity contribution is -0.141. The number of ether oxygens (including phenoxy) is 2. The van der Waals surface area contributed by atoms with E-state index in [2.05, 4.69) is 10.2 Å². The predicted octanol–water partition coefficient (Wildman–Crippen LogP) is 7.33. The molecular formula is C37H39FN2O4. The van der Waals surface area contributed by atoms with Crippen molar-refractivity contribution in [1.29, 1.82) is 0 Å². The maximum atomic E-state index is 13.9. The number of hydrogen-bond donors (Lipinski definition) is 1. The highest BCUT2D eigenvalue weighted by atomic mass is 19.1. The molecule has 0 spiro atoms. The van der Waals surface area contributed by atoms with Gasteiger partial charge in [0.1, 0.15) is 17.6 Å². The molecule has 5 rings (SSSR count). The van der Waals surface area contributed by atoms with Crippen molar-refractivity contribution in [2.45, 2.75) is 38.1 Å². The van der Waals surface area contributed by atoms with E-state index in [9.17, 15) is 14.0 Å². The average molecular weight is 595 g/mol. The van der Waals surface area contributed by atoms with Gasteiger partial charge >= 0.3 is 5.97 Å². The Hall–Kier alpha value is -4.65. The fourth-order valence-electron chi connectivity index (χ4n) is 5.46. The molecule has 0 aliphatic heterocycles. The molecule has 4 aromatic carbocycles. The number of benzene rings is 4. The van der Waals surface area contributed by atoms with E-state index in [0.29, 0.717) is 35.8 Å². The molecule has 4 aromatic rings. The molecule has 0 heterocycles. The van der Waals surface area contributed by atoms with Gasteiger partial charge in [0, 0.05) is 42.0 Å². The van der Waals surface area contributed by atoms with Crippen molar-refractivity contribution in [1.82, 2.24) is 0 Å². The molecule has 0 unspecified atom stereocenters. The van der Waals surface area contributed by atoms with Crippen LogP contribution in [-0.4, -0.2) is 44.6 Å². The van der Waals surface area contributed by atoms with Crippen molar-refractivity contribution < 1.29 is 23.5 Å². The summed E-state index contributed by atoms with van der Waals surface area (Å²) in [5.74, 6) is 0.657. The molecule has 1 saturated carbocycles. The predicted molar refractivity (Wildman–Crippen MR) is 172 cm³/mol. The minimum atomic E-state index is -0.694. The molecular weight excluding hydrogens is 555 g/mol.